The maximum absolute atomic E-state index is 12.6. The normalized spacial score (nSPS) is 11.5. The first-order valence-corrected chi connectivity index (χ1v) is 11.9. The van der Waals surface area contributed by atoms with E-state index in [1.165, 1.54) is 6.07 Å². The third-order valence-corrected chi connectivity index (χ3v) is 6.33. The molecule has 0 aliphatic heterocycles. The van der Waals surface area contributed by atoms with Crippen LogP contribution in [0.25, 0.3) is 10.9 Å². The summed E-state index contributed by atoms with van der Waals surface area (Å²) in [4.78, 5) is 12.4. The molecule has 170 valence electrons. The lowest BCUT2D eigenvalue weighted by Gasteiger charge is -2.08. The second kappa shape index (κ2) is 9.22. The van der Waals surface area contributed by atoms with Gasteiger partial charge in [-0.05, 0) is 41.5 Å². The fraction of sp³-hybridized carbons (Fsp3) is 0.130. The van der Waals surface area contributed by atoms with Gasteiger partial charge in [-0.2, -0.15) is 5.10 Å². The van der Waals surface area contributed by atoms with E-state index in [0.29, 0.717) is 33.8 Å². The van der Waals surface area contributed by atoms with Crippen LogP contribution >= 0.6 is 11.6 Å². The van der Waals surface area contributed by atoms with Crippen LogP contribution in [0.5, 0.6) is 5.75 Å². The highest BCUT2D eigenvalue weighted by atomic mass is 35.5. The van der Waals surface area contributed by atoms with E-state index < -0.39 is 10.0 Å². The van der Waals surface area contributed by atoms with Gasteiger partial charge in [0.1, 0.15) is 5.75 Å². The van der Waals surface area contributed by atoms with Gasteiger partial charge in [-0.3, -0.25) is 9.48 Å². The highest BCUT2D eigenvalue weighted by Crippen LogP contribution is 2.27. The van der Waals surface area contributed by atoms with Crippen molar-refractivity contribution in [3.8, 4) is 5.75 Å². The van der Waals surface area contributed by atoms with Crippen molar-refractivity contribution in [1.29, 1.82) is 0 Å². The maximum Gasteiger partial charge on any atom is 0.238 e. The summed E-state index contributed by atoms with van der Waals surface area (Å²) >= 11 is 6.13. The van der Waals surface area contributed by atoms with Gasteiger partial charge in [-0.25, -0.2) is 13.6 Å². The third-order valence-electron chi connectivity index (χ3n) is 5.01. The van der Waals surface area contributed by atoms with Crippen LogP contribution in [0.4, 0.5) is 5.69 Å². The molecule has 4 rings (SSSR count). The molecule has 3 aromatic carbocycles. The molecule has 0 aliphatic carbocycles. The number of anilines is 1. The first-order chi connectivity index (χ1) is 15.7. The predicted octanol–water partition coefficient (Wildman–Crippen LogP) is 3.58. The largest absolute Gasteiger partial charge is 0.497 e. The van der Waals surface area contributed by atoms with Crippen LogP contribution in [-0.2, 0) is 27.8 Å². The molecule has 0 spiro atoms. The second-order valence-electron chi connectivity index (χ2n) is 7.45. The van der Waals surface area contributed by atoms with Crippen LogP contribution in [0.15, 0.2) is 71.8 Å². The topological polar surface area (TPSA) is 116 Å². The third kappa shape index (κ3) is 5.33. The minimum absolute atomic E-state index is 0.0344. The lowest BCUT2D eigenvalue weighted by Crippen LogP contribution is -2.16. The fourth-order valence-corrected chi connectivity index (χ4v) is 4.46. The van der Waals surface area contributed by atoms with Crippen molar-refractivity contribution in [1.82, 2.24) is 9.78 Å². The molecule has 0 saturated heterocycles. The number of hydrogen-bond donors (Lipinski definition) is 2. The number of benzene rings is 3. The first kappa shape index (κ1) is 22.8. The van der Waals surface area contributed by atoms with E-state index in [2.05, 4.69) is 10.4 Å². The van der Waals surface area contributed by atoms with Crippen LogP contribution in [-0.4, -0.2) is 31.2 Å². The van der Waals surface area contributed by atoms with Crippen molar-refractivity contribution in [2.45, 2.75) is 17.9 Å². The number of nitrogens with zero attached hydrogens (tertiary/aromatic N) is 2. The number of sulfonamides is 1. The van der Waals surface area contributed by atoms with Gasteiger partial charge in [-0.15, -0.1) is 0 Å². The number of halogens is 1. The van der Waals surface area contributed by atoms with Gasteiger partial charge >= 0.3 is 0 Å². The van der Waals surface area contributed by atoms with Crippen molar-refractivity contribution >= 4 is 44.1 Å². The van der Waals surface area contributed by atoms with Gasteiger partial charge in [0, 0.05) is 22.3 Å². The van der Waals surface area contributed by atoms with Gasteiger partial charge < -0.3 is 10.1 Å². The summed E-state index contributed by atoms with van der Waals surface area (Å²) in [7, 11) is -2.48. The monoisotopic (exact) mass is 484 g/mol. The van der Waals surface area contributed by atoms with E-state index >= 15 is 0 Å². The highest BCUT2D eigenvalue weighted by molar-refractivity contribution is 7.89. The number of carbonyl (C=O) groups excluding carboxylic acids is 1. The van der Waals surface area contributed by atoms with Crippen LogP contribution in [0.3, 0.4) is 0 Å². The molecule has 1 heterocycles. The van der Waals surface area contributed by atoms with Crippen molar-refractivity contribution in [3.05, 3.63) is 83.0 Å². The molecule has 0 fully saturated rings. The van der Waals surface area contributed by atoms with Crippen molar-refractivity contribution in [2.75, 3.05) is 12.4 Å². The molecule has 10 heteroatoms. The number of methoxy groups -OCH3 is 1. The zero-order chi connectivity index (χ0) is 23.6. The number of amides is 1. The summed E-state index contributed by atoms with van der Waals surface area (Å²) < 4.78 is 31.4. The standard InChI is InChI=1S/C23H21ClN4O4S/c1-32-18-7-4-5-15(9-18)13-28-14-19-21(27-28)11-17(12-22(19)33(25,30)31)26-23(29)10-16-6-2-3-8-20(16)24/h2-9,11-12,14H,10,13H2,1H3,(H,26,29)(H2,25,30,31). The molecule has 8 nitrogen and oxygen atoms in total. The molecule has 0 atom stereocenters. The summed E-state index contributed by atoms with van der Waals surface area (Å²) in [5.74, 6) is 0.358. The van der Waals surface area contributed by atoms with Crippen molar-refractivity contribution in [2.24, 2.45) is 5.14 Å². The first-order valence-electron chi connectivity index (χ1n) is 9.93. The van der Waals surface area contributed by atoms with E-state index in [1.54, 1.807) is 48.3 Å². The molecular formula is C23H21ClN4O4S. The van der Waals surface area contributed by atoms with Crippen LogP contribution in [0.2, 0.25) is 5.02 Å². The van der Waals surface area contributed by atoms with Crippen LogP contribution in [0, 0.1) is 0 Å². The van der Waals surface area contributed by atoms with Gasteiger partial charge in [-0.1, -0.05) is 41.9 Å². The summed E-state index contributed by atoms with van der Waals surface area (Å²) in [6.07, 6.45) is 1.65. The Morgan fingerprint density at radius 2 is 1.94 bits per heavy atom. The molecule has 33 heavy (non-hydrogen) atoms. The Bertz CT molecular complexity index is 1450. The Morgan fingerprint density at radius 1 is 1.15 bits per heavy atom. The van der Waals surface area contributed by atoms with Gasteiger partial charge in [0.25, 0.3) is 0 Å². The van der Waals surface area contributed by atoms with E-state index in [-0.39, 0.29) is 22.9 Å². The van der Waals surface area contributed by atoms with E-state index in [1.807, 2.05) is 24.3 Å². The number of nitrogens with two attached hydrogens (primary N) is 1. The van der Waals surface area contributed by atoms with Gasteiger partial charge in [0.2, 0.25) is 15.9 Å². The lowest BCUT2D eigenvalue weighted by molar-refractivity contribution is -0.115. The number of carbonyl (C=O) groups is 1. The van der Waals surface area contributed by atoms with Crippen molar-refractivity contribution in [3.63, 3.8) is 0 Å². The molecule has 0 aliphatic rings. The Kier molecular flexibility index (Phi) is 6.37. The fourth-order valence-electron chi connectivity index (χ4n) is 3.51. The molecule has 1 amide bonds. The summed E-state index contributed by atoms with van der Waals surface area (Å²) in [6.45, 7) is 0.393. The molecule has 0 radical (unpaired) electrons. The zero-order valence-electron chi connectivity index (χ0n) is 17.7. The number of aromatic nitrogens is 2. The molecule has 1 aromatic heterocycles. The Labute approximate surface area is 196 Å². The van der Waals surface area contributed by atoms with Crippen LogP contribution < -0.4 is 15.2 Å². The highest BCUT2D eigenvalue weighted by Gasteiger charge is 2.18. The molecule has 0 bridgehead atoms. The molecule has 4 aromatic rings. The predicted molar refractivity (Wildman–Crippen MR) is 127 cm³/mol. The van der Waals surface area contributed by atoms with E-state index in [0.717, 1.165) is 5.56 Å². The zero-order valence-corrected chi connectivity index (χ0v) is 19.2. The van der Waals surface area contributed by atoms with E-state index in [9.17, 15) is 13.2 Å². The van der Waals surface area contributed by atoms with Crippen molar-refractivity contribution < 1.29 is 17.9 Å². The Morgan fingerprint density at radius 3 is 2.67 bits per heavy atom. The summed E-state index contributed by atoms with van der Waals surface area (Å²) in [6, 6.07) is 17.4. The molecular weight excluding hydrogens is 464 g/mol. The van der Waals surface area contributed by atoms with Gasteiger partial charge in [0.15, 0.2) is 0 Å². The molecule has 3 N–H and O–H groups in total. The number of hydrogen-bond acceptors (Lipinski definition) is 5. The number of ether oxygens (including phenoxy) is 1. The Balaban J connectivity index is 1.65. The second-order valence-corrected chi connectivity index (χ2v) is 9.38. The average Bonchev–Trinajstić information content (AvgIpc) is 3.16. The number of rotatable bonds is 7. The quantitative estimate of drug-likeness (QED) is 0.416. The van der Waals surface area contributed by atoms with E-state index in [4.69, 9.17) is 21.5 Å². The summed E-state index contributed by atoms with van der Waals surface area (Å²) in [5, 5.41) is 13.5. The SMILES string of the molecule is COc1cccc(Cn2cc3c(S(N)(=O)=O)cc(NC(=O)Cc4ccccc4Cl)cc3n2)c1. The minimum Gasteiger partial charge on any atom is -0.497 e. The molecule has 0 unspecified atom stereocenters. The number of fused-ring (bicyclic) bond motifs is 1. The lowest BCUT2D eigenvalue weighted by atomic mass is 10.1. The molecule has 0 saturated carbocycles. The number of primary sulfonamides is 1. The minimum atomic E-state index is -4.07. The van der Waals surface area contributed by atoms with Gasteiger partial charge in [0.05, 0.1) is 30.5 Å². The Hall–Kier alpha value is -3.40. The average molecular weight is 485 g/mol. The number of nitrogens with one attached hydrogen (secondary N) is 1. The van der Waals surface area contributed by atoms with Crippen LogP contribution in [0.1, 0.15) is 11.1 Å². The smallest absolute Gasteiger partial charge is 0.238 e. The summed E-state index contributed by atoms with van der Waals surface area (Å²) in [5.41, 5.74) is 2.24. The maximum atomic E-state index is 12.6.